The molecule has 0 aliphatic carbocycles. The van der Waals surface area contributed by atoms with Crippen LogP contribution in [-0.4, -0.2) is 79.0 Å². The number of cyclic esters (lactones) is 1. The van der Waals surface area contributed by atoms with Crippen molar-refractivity contribution in [2.75, 3.05) is 45.9 Å². The molecule has 3 saturated heterocycles. The number of esters is 1. The summed E-state index contributed by atoms with van der Waals surface area (Å²) in [6.45, 7) is 5.62. The quantitative estimate of drug-likeness (QED) is 0.730. The zero-order valence-electron chi connectivity index (χ0n) is 16.9. The summed E-state index contributed by atoms with van der Waals surface area (Å²) in [4.78, 5) is 17.3. The minimum absolute atomic E-state index is 0.0221. The molecule has 3 heterocycles. The molecule has 0 amide bonds. The number of piperidine rings is 2. The van der Waals surface area contributed by atoms with Crippen LogP contribution < -0.4 is 4.74 Å². The van der Waals surface area contributed by atoms with E-state index in [4.69, 9.17) is 9.47 Å². The number of halogens is 1. The first kappa shape index (κ1) is 20.6. The van der Waals surface area contributed by atoms with Gasteiger partial charge in [0.05, 0.1) is 11.5 Å². The van der Waals surface area contributed by atoms with E-state index < -0.39 is 0 Å². The van der Waals surface area contributed by atoms with Crippen LogP contribution in [0.5, 0.6) is 5.75 Å². The van der Waals surface area contributed by atoms with Crippen molar-refractivity contribution in [3.05, 3.63) is 30.1 Å². The largest absolute Gasteiger partial charge is 0.492 e. The molecule has 6 nitrogen and oxygen atoms in total. The average Bonchev–Trinajstić information content (AvgIpc) is 3.01. The van der Waals surface area contributed by atoms with E-state index in [0.717, 1.165) is 71.4 Å². The van der Waals surface area contributed by atoms with Crippen LogP contribution in [0.3, 0.4) is 0 Å². The average molecular weight is 406 g/mol. The number of benzene rings is 1. The van der Waals surface area contributed by atoms with Crippen LogP contribution in [0.15, 0.2) is 24.3 Å². The monoisotopic (exact) mass is 406 g/mol. The third-order valence-electron chi connectivity index (χ3n) is 6.65. The van der Waals surface area contributed by atoms with E-state index in [1.807, 2.05) is 0 Å². The van der Waals surface area contributed by atoms with Gasteiger partial charge < -0.3 is 14.6 Å². The summed E-state index contributed by atoms with van der Waals surface area (Å²) in [5.41, 5.74) is -0.325. The summed E-state index contributed by atoms with van der Waals surface area (Å²) in [6, 6.07) is 6.07. The van der Waals surface area contributed by atoms with Gasteiger partial charge >= 0.3 is 5.97 Å². The first-order valence-corrected chi connectivity index (χ1v) is 10.7. The smallest absolute Gasteiger partial charge is 0.312 e. The number of carbonyl (C=O) groups excluding carboxylic acids is 1. The minimum atomic E-state index is -0.325. The van der Waals surface area contributed by atoms with Gasteiger partial charge in [-0.1, -0.05) is 0 Å². The Labute approximate surface area is 171 Å². The third-order valence-corrected chi connectivity index (χ3v) is 6.65. The number of ether oxygens (including phenoxy) is 2. The Morgan fingerprint density at radius 2 is 1.79 bits per heavy atom. The van der Waals surface area contributed by atoms with Crippen LogP contribution in [-0.2, 0) is 9.53 Å². The Morgan fingerprint density at radius 1 is 1.10 bits per heavy atom. The normalized spacial score (nSPS) is 26.0. The fraction of sp³-hybridized carbons (Fsp3) is 0.682. The van der Waals surface area contributed by atoms with E-state index in [2.05, 4.69) is 9.80 Å². The predicted molar refractivity (Wildman–Crippen MR) is 106 cm³/mol. The second kappa shape index (κ2) is 8.98. The fourth-order valence-electron chi connectivity index (χ4n) is 4.77. The Kier molecular flexibility index (Phi) is 6.37. The summed E-state index contributed by atoms with van der Waals surface area (Å²) >= 11 is 0. The summed E-state index contributed by atoms with van der Waals surface area (Å²) in [5, 5.41) is 9.65. The van der Waals surface area contributed by atoms with Gasteiger partial charge in [-0.2, -0.15) is 0 Å². The molecule has 0 bridgehead atoms. The lowest BCUT2D eigenvalue weighted by Gasteiger charge is -2.36. The molecule has 0 saturated carbocycles. The zero-order valence-corrected chi connectivity index (χ0v) is 16.9. The van der Waals surface area contributed by atoms with Crippen molar-refractivity contribution in [2.45, 2.75) is 44.3 Å². The number of aliphatic hydroxyl groups excluding tert-OH is 1. The number of aliphatic hydroxyl groups is 1. The van der Waals surface area contributed by atoms with Gasteiger partial charge in [-0.3, -0.25) is 14.6 Å². The number of hydrogen-bond acceptors (Lipinski definition) is 6. The molecule has 1 atom stereocenters. The van der Waals surface area contributed by atoms with Gasteiger partial charge in [-0.15, -0.1) is 0 Å². The minimum Gasteiger partial charge on any atom is -0.492 e. The molecule has 3 aliphatic heterocycles. The second-order valence-electron chi connectivity index (χ2n) is 8.69. The number of rotatable bonds is 6. The van der Waals surface area contributed by atoms with Gasteiger partial charge in [-0.25, -0.2) is 4.39 Å². The molecule has 0 aromatic heterocycles. The topological polar surface area (TPSA) is 62.2 Å². The molecule has 4 rings (SSSR count). The van der Waals surface area contributed by atoms with Crippen molar-refractivity contribution >= 4 is 5.97 Å². The standard InChI is InChI=1S/C22H31FN2O4/c23-17-1-3-19(4-2-17)28-14-13-24-11-7-22(8-12-24)15-20(29-21(22)27)16-25-9-5-18(26)6-10-25/h1-4,18,20,26H,5-16H2. The highest BCUT2D eigenvalue weighted by Gasteiger charge is 2.50. The van der Waals surface area contributed by atoms with E-state index >= 15 is 0 Å². The number of carbonyl (C=O) groups is 1. The van der Waals surface area contributed by atoms with Crippen molar-refractivity contribution in [1.82, 2.24) is 9.80 Å². The SMILES string of the molecule is O=C1OC(CN2CCC(O)CC2)CC12CCN(CCOc1ccc(F)cc1)CC2. The molecule has 1 aromatic rings. The maximum absolute atomic E-state index is 12.9. The summed E-state index contributed by atoms with van der Waals surface area (Å²) in [7, 11) is 0. The first-order valence-electron chi connectivity index (χ1n) is 10.7. The third kappa shape index (κ3) is 5.08. The van der Waals surface area contributed by atoms with Gasteiger partial charge in [0.2, 0.25) is 0 Å². The van der Waals surface area contributed by atoms with Crippen molar-refractivity contribution < 1.29 is 23.8 Å². The summed E-state index contributed by atoms with van der Waals surface area (Å²) in [5.74, 6) is 0.382. The Bertz CT molecular complexity index is 683. The molecule has 29 heavy (non-hydrogen) atoms. The van der Waals surface area contributed by atoms with Crippen molar-refractivity contribution in [1.29, 1.82) is 0 Å². The lowest BCUT2D eigenvalue weighted by molar-refractivity contribution is -0.151. The maximum atomic E-state index is 12.9. The van der Waals surface area contributed by atoms with Crippen LogP contribution in [0, 0.1) is 11.2 Å². The molecule has 3 aliphatic rings. The van der Waals surface area contributed by atoms with Gasteiger partial charge in [0, 0.05) is 32.6 Å². The second-order valence-corrected chi connectivity index (χ2v) is 8.69. The van der Waals surface area contributed by atoms with E-state index in [9.17, 15) is 14.3 Å². The highest BCUT2D eigenvalue weighted by Crippen LogP contribution is 2.43. The van der Waals surface area contributed by atoms with Crippen molar-refractivity contribution in [3.63, 3.8) is 0 Å². The highest BCUT2D eigenvalue weighted by molar-refractivity contribution is 5.79. The molecular weight excluding hydrogens is 375 g/mol. The van der Waals surface area contributed by atoms with Crippen molar-refractivity contribution in [3.8, 4) is 5.75 Å². The lowest BCUT2D eigenvalue weighted by atomic mass is 9.76. The van der Waals surface area contributed by atoms with Crippen LogP contribution in [0.2, 0.25) is 0 Å². The summed E-state index contributed by atoms with van der Waals surface area (Å²) in [6.07, 6.45) is 3.88. The molecule has 1 unspecified atom stereocenters. The van der Waals surface area contributed by atoms with Gasteiger partial charge in [0.1, 0.15) is 24.3 Å². The van der Waals surface area contributed by atoms with Gasteiger partial charge in [0.15, 0.2) is 0 Å². The van der Waals surface area contributed by atoms with E-state index in [1.54, 1.807) is 12.1 Å². The predicted octanol–water partition coefficient (Wildman–Crippen LogP) is 2.06. The van der Waals surface area contributed by atoms with Crippen LogP contribution in [0.1, 0.15) is 32.1 Å². The Morgan fingerprint density at radius 3 is 2.48 bits per heavy atom. The molecular formula is C22H31FN2O4. The fourth-order valence-corrected chi connectivity index (χ4v) is 4.77. The molecule has 7 heteroatoms. The molecule has 160 valence electrons. The van der Waals surface area contributed by atoms with E-state index in [-0.39, 0.29) is 29.4 Å². The van der Waals surface area contributed by atoms with Gasteiger partial charge in [0.25, 0.3) is 0 Å². The van der Waals surface area contributed by atoms with E-state index in [1.165, 1.54) is 12.1 Å². The van der Waals surface area contributed by atoms with Crippen molar-refractivity contribution in [2.24, 2.45) is 5.41 Å². The number of nitrogens with zero attached hydrogens (tertiary/aromatic N) is 2. The zero-order chi connectivity index (χ0) is 20.3. The highest BCUT2D eigenvalue weighted by atomic mass is 19.1. The van der Waals surface area contributed by atoms with Crippen LogP contribution in [0.25, 0.3) is 0 Å². The Balaban J connectivity index is 1.20. The first-order chi connectivity index (χ1) is 14.0. The molecule has 1 aromatic carbocycles. The number of likely N-dealkylation sites (tertiary alicyclic amines) is 2. The number of hydrogen-bond donors (Lipinski definition) is 1. The molecule has 1 spiro atoms. The van der Waals surface area contributed by atoms with E-state index in [0.29, 0.717) is 12.4 Å². The van der Waals surface area contributed by atoms with Crippen LogP contribution >= 0.6 is 0 Å². The molecule has 0 radical (unpaired) electrons. The molecule has 3 fully saturated rings. The van der Waals surface area contributed by atoms with Crippen LogP contribution in [0.4, 0.5) is 4.39 Å². The van der Waals surface area contributed by atoms with Gasteiger partial charge in [-0.05, 0) is 63.0 Å². The lowest BCUT2D eigenvalue weighted by Crippen LogP contribution is -2.44. The molecule has 1 N–H and O–H groups in total. The maximum Gasteiger partial charge on any atom is 0.312 e. The Hall–Kier alpha value is -1.70. The summed E-state index contributed by atoms with van der Waals surface area (Å²) < 4.78 is 24.4.